The third-order valence-electron chi connectivity index (χ3n) is 3.52. The van der Waals surface area contributed by atoms with Gasteiger partial charge in [-0.2, -0.15) is 4.98 Å². The molecule has 18 heavy (non-hydrogen) atoms. The molecule has 0 amide bonds. The maximum Gasteiger partial charge on any atom is 0.245 e. The van der Waals surface area contributed by atoms with Gasteiger partial charge in [0, 0.05) is 25.8 Å². The van der Waals surface area contributed by atoms with Gasteiger partial charge >= 0.3 is 0 Å². The number of anilines is 1. The standard InChI is InChI=1S/C12H16BrN5/c1-17(10(7-14)8-4-5-8)12-15-11-9(13)3-2-6-18(11)16-12/h2-3,6,8,10H,4-5,7,14H2,1H3. The van der Waals surface area contributed by atoms with Crippen LogP contribution in [0.15, 0.2) is 22.8 Å². The molecule has 0 bridgehead atoms. The van der Waals surface area contributed by atoms with Gasteiger partial charge in [0.15, 0.2) is 5.65 Å². The number of pyridine rings is 1. The fraction of sp³-hybridized carbons (Fsp3) is 0.500. The van der Waals surface area contributed by atoms with Crippen LogP contribution in [0.25, 0.3) is 5.65 Å². The summed E-state index contributed by atoms with van der Waals surface area (Å²) in [6, 6.07) is 4.26. The summed E-state index contributed by atoms with van der Waals surface area (Å²) in [4.78, 5) is 6.67. The van der Waals surface area contributed by atoms with Crippen molar-refractivity contribution < 1.29 is 0 Å². The molecule has 2 aromatic rings. The summed E-state index contributed by atoms with van der Waals surface area (Å²) < 4.78 is 2.74. The van der Waals surface area contributed by atoms with Gasteiger partial charge in [-0.1, -0.05) is 0 Å². The number of fused-ring (bicyclic) bond motifs is 1. The lowest BCUT2D eigenvalue weighted by molar-refractivity contribution is 0.561. The molecule has 2 heterocycles. The highest BCUT2D eigenvalue weighted by molar-refractivity contribution is 9.10. The van der Waals surface area contributed by atoms with Crippen molar-refractivity contribution in [3.05, 3.63) is 22.8 Å². The average molecular weight is 310 g/mol. The van der Waals surface area contributed by atoms with E-state index < -0.39 is 0 Å². The minimum atomic E-state index is 0.348. The van der Waals surface area contributed by atoms with Crippen molar-refractivity contribution in [2.75, 3.05) is 18.5 Å². The lowest BCUT2D eigenvalue weighted by Gasteiger charge is -2.25. The number of hydrogen-bond donors (Lipinski definition) is 1. The molecule has 1 aliphatic rings. The first-order valence-corrected chi connectivity index (χ1v) is 6.94. The van der Waals surface area contributed by atoms with Crippen LogP contribution in [0.4, 0.5) is 5.95 Å². The molecule has 2 aromatic heterocycles. The maximum atomic E-state index is 5.86. The molecule has 0 saturated heterocycles. The van der Waals surface area contributed by atoms with E-state index in [1.54, 1.807) is 4.52 Å². The summed E-state index contributed by atoms with van der Waals surface area (Å²) >= 11 is 3.49. The second kappa shape index (κ2) is 4.51. The highest BCUT2D eigenvalue weighted by Crippen LogP contribution is 2.35. The molecule has 1 aliphatic carbocycles. The van der Waals surface area contributed by atoms with Gasteiger partial charge in [-0.25, -0.2) is 4.52 Å². The van der Waals surface area contributed by atoms with Gasteiger partial charge in [0.05, 0.1) is 4.47 Å². The first kappa shape index (κ1) is 11.9. The minimum Gasteiger partial charge on any atom is -0.338 e. The topological polar surface area (TPSA) is 59.5 Å². The Labute approximate surface area is 114 Å². The molecule has 3 rings (SSSR count). The van der Waals surface area contributed by atoms with Gasteiger partial charge < -0.3 is 10.6 Å². The van der Waals surface area contributed by atoms with Crippen LogP contribution in [0.5, 0.6) is 0 Å². The Hall–Kier alpha value is -1.14. The van der Waals surface area contributed by atoms with Crippen LogP contribution in [0, 0.1) is 5.92 Å². The summed E-state index contributed by atoms with van der Waals surface area (Å²) in [5.41, 5.74) is 6.70. The highest BCUT2D eigenvalue weighted by Gasteiger charge is 2.34. The van der Waals surface area contributed by atoms with Gasteiger partial charge in [0.1, 0.15) is 0 Å². The van der Waals surface area contributed by atoms with Crippen LogP contribution in [-0.4, -0.2) is 34.2 Å². The number of nitrogens with zero attached hydrogens (tertiary/aromatic N) is 4. The molecule has 5 nitrogen and oxygen atoms in total. The molecular formula is C12H16BrN5. The van der Waals surface area contributed by atoms with E-state index in [-0.39, 0.29) is 0 Å². The number of hydrogen-bond acceptors (Lipinski definition) is 4. The van der Waals surface area contributed by atoms with E-state index in [9.17, 15) is 0 Å². The normalized spacial score (nSPS) is 17.1. The Morgan fingerprint density at radius 2 is 2.39 bits per heavy atom. The first-order chi connectivity index (χ1) is 8.70. The zero-order valence-corrected chi connectivity index (χ0v) is 11.8. The largest absolute Gasteiger partial charge is 0.338 e. The first-order valence-electron chi connectivity index (χ1n) is 6.14. The van der Waals surface area contributed by atoms with Crippen molar-refractivity contribution >= 4 is 27.5 Å². The van der Waals surface area contributed by atoms with Gasteiger partial charge in [-0.15, -0.1) is 5.10 Å². The quantitative estimate of drug-likeness (QED) is 0.933. The fourth-order valence-corrected chi connectivity index (χ4v) is 2.73. The zero-order valence-electron chi connectivity index (χ0n) is 10.3. The summed E-state index contributed by atoms with van der Waals surface area (Å²) in [7, 11) is 2.03. The Morgan fingerprint density at radius 1 is 1.61 bits per heavy atom. The zero-order chi connectivity index (χ0) is 12.7. The Balaban J connectivity index is 1.95. The van der Waals surface area contributed by atoms with Gasteiger partial charge in [0.25, 0.3) is 0 Å². The molecule has 0 radical (unpaired) electrons. The minimum absolute atomic E-state index is 0.348. The van der Waals surface area contributed by atoms with Crippen LogP contribution in [-0.2, 0) is 0 Å². The second-order valence-corrected chi connectivity index (χ2v) is 5.64. The second-order valence-electron chi connectivity index (χ2n) is 4.79. The van der Waals surface area contributed by atoms with Crippen molar-refractivity contribution in [2.24, 2.45) is 11.7 Å². The van der Waals surface area contributed by atoms with Crippen molar-refractivity contribution in [3.63, 3.8) is 0 Å². The molecule has 1 saturated carbocycles. The molecule has 0 aromatic carbocycles. The smallest absolute Gasteiger partial charge is 0.245 e. The van der Waals surface area contributed by atoms with E-state index in [1.165, 1.54) is 12.8 Å². The lowest BCUT2D eigenvalue weighted by atomic mass is 10.2. The lowest BCUT2D eigenvalue weighted by Crippen LogP contribution is -2.40. The molecule has 0 aliphatic heterocycles. The van der Waals surface area contributed by atoms with E-state index in [0.29, 0.717) is 18.5 Å². The van der Waals surface area contributed by atoms with Crippen LogP contribution < -0.4 is 10.6 Å². The van der Waals surface area contributed by atoms with E-state index in [0.717, 1.165) is 16.1 Å². The number of halogens is 1. The van der Waals surface area contributed by atoms with Crippen molar-refractivity contribution in [1.82, 2.24) is 14.6 Å². The summed E-state index contributed by atoms with van der Waals surface area (Å²) in [5.74, 6) is 1.44. The highest BCUT2D eigenvalue weighted by atomic mass is 79.9. The molecule has 6 heteroatoms. The monoisotopic (exact) mass is 309 g/mol. The van der Waals surface area contributed by atoms with Crippen molar-refractivity contribution in [3.8, 4) is 0 Å². The van der Waals surface area contributed by atoms with E-state index in [1.807, 2.05) is 25.4 Å². The summed E-state index contributed by atoms with van der Waals surface area (Å²) in [5, 5.41) is 4.50. The third kappa shape index (κ3) is 1.99. The van der Waals surface area contributed by atoms with E-state index in [2.05, 4.69) is 30.9 Å². The van der Waals surface area contributed by atoms with Crippen molar-refractivity contribution in [2.45, 2.75) is 18.9 Å². The van der Waals surface area contributed by atoms with Gasteiger partial charge in [-0.05, 0) is 46.8 Å². The fourth-order valence-electron chi connectivity index (χ4n) is 2.31. The Kier molecular flexibility index (Phi) is 2.99. The summed E-state index contributed by atoms with van der Waals surface area (Å²) in [6.07, 6.45) is 4.44. The van der Waals surface area contributed by atoms with Crippen LogP contribution in [0.2, 0.25) is 0 Å². The average Bonchev–Trinajstić information content (AvgIpc) is 3.08. The number of aromatic nitrogens is 3. The van der Waals surface area contributed by atoms with Crippen LogP contribution in [0.1, 0.15) is 12.8 Å². The molecular weight excluding hydrogens is 294 g/mol. The predicted molar refractivity (Wildman–Crippen MR) is 74.7 cm³/mol. The molecule has 1 atom stereocenters. The number of nitrogens with two attached hydrogens (primary N) is 1. The molecule has 2 N–H and O–H groups in total. The molecule has 1 unspecified atom stereocenters. The van der Waals surface area contributed by atoms with Crippen molar-refractivity contribution in [1.29, 1.82) is 0 Å². The summed E-state index contributed by atoms with van der Waals surface area (Å²) in [6.45, 7) is 0.651. The SMILES string of the molecule is CN(c1nc2c(Br)cccn2n1)C(CN)C1CC1. The third-order valence-corrected chi connectivity index (χ3v) is 4.14. The van der Waals surface area contributed by atoms with Crippen LogP contribution in [0.3, 0.4) is 0 Å². The van der Waals surface area contributed by atoms with Gasteiger partial charge in [-0.3, -0.25) is 0 Å². The Morgan fingerprint density at radius 3 is 3.00 bits per heavy atom. The van der Waals surface area contributed by atoms with Crippen LogP contribution >= 0.6 is 15.9 Å². The Bertz CT molecular complexity index is 563. The number of likely N-dealkylation sites (N-methyl/N-ethyl adjacent to an activating group) is 1. The molecule has 1 fully saturated rings. The van der Waals surface area contributed by atoms with Gasteiger partial charge in [0.2, 0.25) is 5.95 Å². The maximum absolute atomic E-state index is 5.86. The van der Waals surface area contributed by atoms with E-state index in [4.69, 9.17) is 5.73 Å². The predicted octanol–water partition coefficient (Wildman–Crippen LogP) is 1.67. The number of rotatable bonds is 4. The molecule has 96 valence electrons. The molecule has 0 spiro atoms. The van der Waals surface area contributed by atoms with E-state index >= 15 is 0 Å².